The Kier molecular flexibility index (Phi) is 6.45. The van der Waals surface area contributed by atoms with Crippen LogP contribution in [-0.4, -0.2) is 24.3 Å². The third kappa shape index (κ3) is 4.45. The third-order valence-electron chi connectivity index (χ3n) is 3.77. The summed E-state index contributed by atoms with van der Waals surface area (Å²) < 4.78 is 5.16. The van der Waals surface area contributed by atoms with Crippen molar-refractivity contribution in [3.63, 3.8) is 0 Å². The number of carbonyl (C=O) groups excluding carboxylic acids is 1. The largest absolute Gasteiger partial charge is 0.495 e. The van der Waals surface area contributed by atoms with Crippen LogP contribution in [0.2, 0.25) is 5.02 Å². The molecule has 0 aromatic heterocycles. The second kappa shape index (κ2) is 8.56. The van der Waals surface area contributed by atoms with Crippen LogP contribution in [0, 0.1) is 11.3 Å². The number of hydrogen-bond donors (Lipinski definition) is 2. The van der Waals surface area contributed by atoms with Crippen LogP contribution in [0.15, 0.2) is 36.4 Å². The third-order valence-corrected chi connectivity index (χ3v) is 4.09. The molecule has 0 aliphatic rings. The van der Waals surface area contributed by atoms with Gasteiger partial charge in [0.25, 0.3) is 5.91 Å². The number of rotatable bonds is 6. The van der Waals surface area contributed by atoms with Crippen LogP contribution in [0.1, 0.15) is 35.3 Å². The first-order valence-corrected chi connectivity index (χ1v) is 8.38. The normalized spacial score (nSPS) is 10.3. The molecular formula is C19H20ClN3O3. The van der Waals surface area contributed by atoms with Gasteiger partial charge < -0.3 is 10.1 Å². The summed E-state index contributed by atoms with van der Waals surface area (Å²) in [5.74, 6) is 0.123. The zero-order valence-electron chi connectivity index (χ0n) is 14.8. The van der Waals surface area contributed by atoms with E-state index in [2.05, 4.69) is 5.32 Å². The smallest absolute Gasteiger partial charge is 0.253 e. The van der Waals surface area contributed by atoms with Crippen molar-refractivity contribution in [1.29, 1.82) is 5.26 Å². The van der Waals surface area contributed by atoms with Gasteiger partial charge in [-0.3, -0.25) is 15.1 Å². The van der Waals surface area contributed by atoms with E-state index in [0.29, 0.717) is 22.0 Å². The molecule has 0 fully saturated rings. The molecule has 0 bridgehead atoms. The number of nitrogens with zero attached hydrogens (tertiary/aromatic N) is 2. The maximum absolute atomic E-state index is 12.6. The van der Waals surface area contributed by atoms with Crippen molar-refractivity contribution in [2.45, 2.75) is 26.4 Å². The Balaban J connectivity index is 2.24. The van der Waals surface area contributed by atoms with Gasteiger partial charge in [-0.25, -0.2) is 0 Å². The molecule has 26 heavy (non-hydrogen) atoms. The number of nitriles is 1. The molecule has 0 saturated heterocycles. The summed E-state index contributed by atoms with van der Waals surface area (Å²) in [6.07, 6.45) is 0. The molecule has 0 saturated carbocycles. The zero-order chi connectivity index (χ0) is 19.3. The summed E-state index contributed by atoms with van der Waals surface area (Å²) in [4.78, 5) is 12.6. The van der Waals surface area contributed by atoms with Gasteiger partial charge in [-0.05, 0) is 49.7 Å². The molecule has 0 radical (unpaired) electrons. The molecule has 0 atom stereocenters. The fraction of sp³-hybridized carbons (Fsp3) is 0.263. The minimum atomic E-state index is -0.397. The zero-order valence-corrected chi connectivity index (χ0v) is 15.5. The van der Waals surface area contributed by atoms with Crippen LogP contribution in [-0.2, 0) is 6.54 Å². The Morgan fingerprint density at radius 2 is 2.08 bits per heavy atom. The van der Waals surface area contributed by atoms with E-state index in [0.717, 1.165) is 10.6 Å². The molecule has 136 valence electrons. The maximum atomic E-state index is 12.6. The van der Waals surface area contributed by atoms with E-state index < -0.39 is 5.91 Å². The number of methoxy groups -OCH3 is 1. The average molecular weight is 374 g/mol. The Morgan fingerprint density at radius 1 is 1.35 bits per heavy atom. The highest BCUT2D eigenvalue weighted by atomic mass is 35.5. The average Bonchev–Trinajstić information content (AvgIpc) is 2.65. The fourth-order valence-electron chi connectivity index (χ4n) is 2.36. The lowest BCUT2D eigenvalue weighted by atomic mass is 10.1. The molecule has 7 heteroatoms. The van der Waals surface area contributed by atoms with Crippen LogP contribution in [0.25, 0.3) is 0 Å². The minimum Gasteiger partial charge on any atom is -0.495 e. The van der Waals surface area contributed by atoms with Gasteiger partial charge in [0.1, 0.15) is 5.75 Å². The van der Waals surface area contributed by atoms with Crippen LogP contribution < -0.4 is 15.1 Å². The van der Waals surface area contributed by atoms with Gasteiger partial charge in [-0.15, -0.1) is 0 Å². The van der Waals surface area contributed by atoms with Gasteiger partial charge in [-0.2, -0.15) is 5.26 Å². The standard InChI is InChI=1S/C19H20ClN3O3/c1-12(2)23(25)17-7-5-13(10-21)8-15(17)19(24)22-11-14-4-6-16(20)18(9-14)26-3/h4-9,12,25H,11H2,1-3H3,(H,22,24). The van der Waals surface area contributed by atoms with Gasteiger partial charge in [0.2, 0.25) is 0 Å². The van der Waals surface area contributed by atoms with Gasteiger partial charge >= 0.3 is 0 Å². The second-order valence-corrected chi connectivity index (χ2v) is 6.34. The monoisotopic (exact) mass is 373 g/mol. The van der Waals surface area contributed by atoms with Gasteiger partial charge in [0.05, 0.1) is 41.1 Å². The molecule has 0 spiro atoms. The van der Waals surface area contributed by atoms with Crippen molar-refractivity contribution >= 4 is 23.2 Å². The van der Waals surface area contributed by atoms with Crippen LogP contribution in [0.4, 0.5) is 5.69 Å². The topological polar surface area (TPSA) is 85.6 Å². The highest BCUT2D eigenvalue weighted by molar-refractivity contribution is 6.32. The Bertz CT molecular complexity index is 846. The summed E-state index contributed by atoms with van der Waals surface area (Å²) in [5.41, 5.74) is 1.71. The molecule has 6 nitrogen and oxygen atoms in total. The van der Waals surface area contributed by atoms with Gasteiger partial charge in [0.15, 0.2) is 0 Å². The van der Waals surface area contributed by atoms with Crippen LogP contribution >= 0.6 is 11.6 Å². The SMILES string of the molecule is COc1cc(CNC(=O)c2cc(C#N)ccc2N(O)C(C)C)ccc1Cl. The van der Waals surface area contributed by atoms with Crippen LogP contribution in [0.3, 0.4) is 0 Å². The van der Waals surface area contributed by atoms with Crippen molar-refractivity contribution in [3.8, 4) is 11.8 Å². The van der Waals surface area contributed by atoms with E-state index in [-0.39, 0.29) is 18.2 Å². The van der Waals surface area contributed by atoms with Crippen LogP contribution in [0.5, 0.6) is 5.75 Å². The quantitative estimate of drug-likeness (QED) is 0.753. The van der Waals surface area contributed by atoms with E-state index in [1.165, 1.54) is 13.2 Å². The van der Waals surface area contributed by atoms with Crippen molar-refractivity contribution in [2.75, 3.05) is 12.2 Å². The number of amides is 1. The Hall–Kier alpha value is -2.75. The molecule has 0 heterocycles. The molecule has 0 aliphatic carbocycles. The first kappa shape index (κ1) is 19.6. The summed E-state index contributed by atoms with van der Waals surface area (Å²) in [7, 11) is 1.52. The lowest BCUT2D eigenvalue weighted by Crippen LogP contribution is -2.31. The molecule has 2 aromatic rings. The number of hydroxylamine groups is 1. The summed E-state index contributed by atoms with van der Waals surface area (Å²) >= 11 is 6.00. The van der Waals surface area contributed by atoms with E-state index in [9.17, 15) is 10.0 Å². The lowest BCUT2D eigenvalue weighted by Gasteiger charge is -2.23. The molecule has 2 N–H and O–H groups in total. The van der Waals surface area contributed by atoms with Gasteiger partial charge in [0, 0.05) is 6.54 Å². The number of anilines is 1. The summed E-state index contributed by atoms with van der Waals surface area (Å²) in [6, 6.07) is 11.6. The maximum Gasteiger partial charge on any atom is 0.253 e. The molecule has 0 unspecified atom stereocenters. The lowest BCUT2D eigenvalue weighted by molar-refractivity contribution is 0.0949. The first-order valence-electron chi connectivity index (χ1n) is 8.00. The molecule has 1 amide bonds. The Morgan fingerprint density at radius 3 is 2.69 bits per heavy atom. The van der Waals surface area contributed by atoms with Crippen molar-refractivity contribution in [2.24, 2.45) is 0 Å². The van der Waals surface area contributed by atoms with Crippen molar-refractivity contribution in [3.05, 3.63) is 58.1 Å². The minimum absolute atomic E-state index is 0.223. The van der Waals surface area contributed by atoms with Gasteiger partial charge in [-0.1, -0.05) is 17.7 Å². The summed E-state index contributed by atoms with van der Waals surface area (Å²) in [5, 5.41) is 23.6. The number of hydrogen-bond acceptors (Lipinski definition) is 5. The van der Waals surface area contributed by atoms with Crippen molar-refractivity contribution in [1.82, 2.24) is 5.32 Å². The van der Waals surface area contributed by atoms with E-state index in [1.807, 2.05) is 6.07 Å². The Labute approximate surface area is 157 Å². The fourth-order valence-corrected chi connectivity index (χ4v) is 2.55. The predicted molar refractivity (Wildman–Crippen MR) is 99.7 cm³/mol. The number of halogens is 1. The highest BCUT2D eigenvalue weighted by Gasteiger charge is 2.18. The highest BCUT2D eigenvalue weighted by Crippen LogP contribution is 2.26. The number of nitrogens with one attached hydrogen (secondary N) is 1. The number of benzene rings is 2. The predicted octanol–water partition coefficient (Wildman–Crippen LogP) is 3.75. The van der Waals surface area contributed by atoms with E-state index in [4.69, 9.17) is 21.6 Å². The molecular weight excluding hydrogens is 354 g/mol. The number of carbonyl (C=O) groups is 1. The molecule has 2 aromatic carbocycles. The number of ether oxygens (including phenoxy) is 1. The first-order chi connectivity index (χ1) is 12.4. The second-order valence-electron chi connectivity index (χ2n) is 5.93. The van der Waals surface area contributed by atoms with E-state index >= 15 is 0 Å². The molecule has 2 rings (SSSR count). The van der Waals surface area contributed by atoms with Crippen molar-refractivity contribution < 1.29 is 14.7 Å². The molecule has 0 aliphatic heterocycles. The van der Waals surface area contributed by atoms with E-state index in [1.54, 1.807) is 44.2 Å². The summed E-state index contributed by atoms with van der Waals surface area (Å²) in [6.45, 7) is 3.83.